The summed E-state index contributed by atoms with van der Waals surface area (Å²) < 4.78 is 24.2. The maximum Gasteiger partial charge on any atom is 0.175 e. The number of para-hydroxylation sites is 1. The maximum absolute atomic E-state index is 12.1. The van der Waals surface area contributed by atoms with Gasteiger partial charge in [0, 0.05) is 35.8 Å². The van der Waals surface area contributed by atoms with Crippen LogP contribution in [0, 0.1) is 0 Å². The van der Waals surface area contributed by atoms with Crippen LogP contribution in [-0.4, -0.2) is 39.2 Å². The molecule has 0 aliphatic carbocycles. The molecule has 0 fully saturated rings. The Bertz CT molecular complexity index is 1700. The zero-order valence-electron chi connectivity index (χ0n) is 22.6. The predicted octanol–water partition coefficient (Wildman–Crippen LogP) is 8.03. The number of hydrazine groups is 1. The predicted molar refractivity (Wildman–Crippen MR) is 174 cm³/mol. The van der Waals surface area contributed by atoms with Gasteiger partial charge in [-0.25, -0.2) is 14.3 Å². The van der Waals surface area contributed by atoms with E-state index < -0.39 is 9.84 Å². The van der Waals surface area contributed by atoms with Crippen molar-refractivity contribution in [3.05, 3.63) is 118 Å². The van der Waals surface area contributed by atoms with Crippen LogP contribution < -0.4 is 10.9 Å². The molecule has 0 unspecified atom stereocenters. The van der Waals surface area contributed by atoms with Gasteiger partial charge in [-0.05, 0) is 78.1 Å². The summed E-state index contributed by atoms with van der Waals surface area (Å²) in [4.78, 5) is 4.66. The molecule has 3 aromatic carbocycles. The highest BCUT2D eigenvalue weighted by Gasteiger charge is 2.18. The number of nitrogens with two attached hydrogens (primary N) is 1. The number of thiophene rings is 1. The quantitative estimate of drug-likeness (QED) is 0.151. The Kier molecular flexibility index (Phi) is 9.34. The number of hydrogen-bond donors (Lipinski definition) is 1. The Hall–Kier alpha value is -2.91. The number of rotatable bonds is 9. The second-order valence-electron chi connectivity index (χ2n) is 9.95. The smallest absolute Gasteiger partial charge is 0.175 e. The minimum atomic E-state index is -3.30. The average molecular weight is 625 g/mol. The van der Waals surface area contributed by atoms with Crippen LogP contribution in [0.25, 0.3) is 21.7 Å². The third-order valence-electron chi connectivity index (χ3n) is 7.07. The number of halogens is 2. The van der Waals surface area contributed by atoms with Gasteiger partial charge in [-0.15, -0.1) is 11.3 Å². The van der Waals surface area contributed by atoms with E-state index in [9.17, 15) is 8.42 Å². The summed E-state index contributed by atoms with van der Waals surface area (Å²) in [6, 6.07) is 26.6. The zero-order valence-corrected chi connectivity index (χ0v) is 25.8. The Balaban J connectivity index is 1.36. The molecule has 2 N–H and O–H groups in total. The molecule has 1 aromatic heterocycles. The highest BCUT2D eigenvalue weighted by molar-refractivity contribution is 7.90. The van der Waals surface area contributed by atoms with Gasteiger partial charge in [-0.3, -0.25) is 9.91 Å². The summed E-state index contributed by atoms with van der Waals surface area (Å²) in [5.41, 5.74) is 4.99. The van der Waals surface area contributed by atoms with Gasteiger partial charge >= 0.3 is 0 Å². The molecule has 5 rings (SSSR count). The van der Waals surface area contributed by atoms with Crippen LogP contribution in [0.5, 0.6) is 0 Å². The summed E-state index contributed by atoms with van der Waals surface area (Å²) >= 11 is 14.1. The first-order valence-corrected chi connectivity index (χ1v) is 16.7. The molecule has 9 heteroatoms. The summed E-state index contributed by atoms with van der Waals surface area (Å²) in [7, 11) is -3.30. The zero-order chi connectivity index (χ0) is 29.0. The number of nitrogens with zero attached hydrogens (tertiary/aromatic N) is 2. The van der Waals surface area contributed by atoms with Crippen molar-refractivity contribution in [3.8, 4) is 10.4 Å². The summed E-state index contributed by atoms with van der Waals surface area (Å²) in [6.07, 6.45) is 7.46. The number of benzene rings is 3. The molecule has 0 radical (unpaired) electrons. The van der Waals surface area contributed by atoms with Crippen LogP contribution in [0.15, 0.2) is 102 Å². The molecular weight excluding hydrogens is 593 g/mol. The molecule has 1 aliphatic heterocycles. The van der Waals surface area contributed by atoms with Crippen molar-refractivity contribution in [2.75, 3.05) is 30.9 Å². The summed E-state index contributed by atoms with van der Waals surface area (Å²) in [6.45, 7) is 2.75. The molecule has 4 aromatic rings. The van der Waals surface area contributed by atoms with Gasteiger partial charge in [0.2, 0.25) is 0 Å². The topological polar surface area (TPSA) is 66.6 Å². The Morgan fingerprint density at radius 1 is 1.00 bits per heavy atom. The average Bonchev–Trinajstić information content (AvgIpc) is 3.46. The van der Waals surface area contributed by atoms with Crippen LogP contribution in [-0.2, 0) is 9.84 Å². The van der Waals surface area contributed by atoms with Gasteiger partial charge in [-0.1, -0.05) is 71.8 Å². The SMILES string of the molecule is CS(=O)(=O)c1cccc(-c2ccc(/C(=C/CCN3CC=C(c4ccc(Cl)cc4)CC3)N(N)c3ccccc3Cl)s2)c1. The van der Waals surface area contributed by atoms with Crippen molar-refractivity contribution < 1.29 is 8.42 Å². The fraction of sp³-hybridized carbons (Fsp3) is 0.188. The van der Waals surface area contributed by atoms with Crippen molar-refractivity contribution in [2.24, 2.45) is 5.84 Å². The normalized spacial score (nSPS) is 14.6. The Labute approximate surface area is 256 Å². The highest BCUT2D eigenvalue weighted by atomic mass is 35.5. The van der Waals surface area contributed by atoms with Crippen molar-refractivity contribution in [1.29, 1.82) is 0 Å². The molecule has 5 nitrogen and oxygen atoms in total. The van der Waals surface area contributed by atoms with Gasteiger partial charge in [0.25, 0.3) is 0 Å². The molecule has 0 saturated heterocycles. The van der Waals surface area contributed by atoms with Crippen molar-refractivity contribution >= 4 is 61.3 Å². The van der Waals surface area contributed by atoms with Crippen LogP contribution in [0.1, 0.15) is 23.3 Å². The van der Waals surface area contributed by atoms with E-state index in [2.05, 4.69) is 29.2 Å². The van der Waals surface area contributed by atoms with Gasteiger partial charge in [-0.2, -0.15) is 0 Å². The number of sulfone groups is 1. The van der Waals surface area contributed by atoms with Gasteiger partial charge in [0.05, 0.1) is 26.2 Å². The largest absolute Gasteiger partial charge is 0.299 e. The van der Waals surface area contributed by atoms with E-state index in [1.165, 1.54) is 17.4 Å². The number of anilines is 1. The van der Waals surface area contributed by atoms with Gasteiger partial charge < -0.3 is 0 Å². The maximum atomic E-state index is 12.1. The molecule has 41 heavy (non-hydrogen) atoms. The van der Waals surface area contributed by atoms with E-state index in [1.807, 2.05) is 54.6 Å². The monoisotopic (exact) mass is 623 g/mol. The highest BCUT2D eigenvalue weighted by Crippen LogP contribution is 2.37. The molecule has 0 bridgehead atoms. The standard InChI is InChI=1S/C32H31Cl2N3O2S2/c1-41(38,39)27-7-4-6-25(22-27)31-15-16-32(40-31)30(37(35)29-9-3-2-8-28(29)34)10-5-19-36-20-17-24(18-21-36)23-11-13-26(33)14-12-23/h2-4,6-17,22H,5,18-21,35H2,1H3/b30-10-. The third-order valence-corrected chi connectivity index (χ3v) is 9.91. The second kappa shape index (κ2) is 12.9. The Morgan fingerprint density at radius 2 is 1.78 bits per heavy atom. The second-order valence-corrected chi connectivity index (χ2v) is 13.9. The van der Waals surface area contributed by atoms with E-state index in [0.29, 0.717) is 15.6 Å². The van der Waals surface area contributed by atoms with Crippen LogP contribution in [0.2, 0.25) is 10.0 Å². The lowest BCUT2D eigenvalue weighted by molar-refractivity contribution is 0.308. The molecular formula is C32H31Cl2N3O2S2. The van der Waals surface area contributed by atoms with E-state index >= 15 is 0 Å². The van der Waals surface area contributed by atoms with Gasteiger partial charge in [0.1, 0.15) is 0 Å². The fourth-order valence-electron chi connectivity index (χ4n) is 4.83. The Morgan fingerprint density at radius 3 is 2.49 bits per heavy atom. The van der Waals surface area contributed by atoms with E-state index in [0.717, 1.165) is 58.5 Å². The van der Waals surface area contributed by atoms with Crippen LogP contribution in [0.4, 0.5) is 5.69 Å². The summed E-state index contributed by atoms with van der Waals surface area (Å²) in [5, 5.41) is 2.95. The molecule has 0 saturated carbocycles. The fourth-order valence-corrected chi connectivity index (χ4v) is 6.89. The third kappa shape index (κ3) is 7.30. The first-order valence-electron chi connectivity index (χ1n) is 13.3. The molecule has 1 aliphatic rings. The lowest BCUT2D eigenvalue weighted by atomic mass is 9.99. The minimum absolute atomic E-state index is 0.298. The van der Waals surface area contributed by atoms with E-state index in [-0.39, 0.29) is 0 Å². The molecule has 212 valence electrons. The molecule has 0 spiro atoms. The van der Waals surface area contributed by atoms with Crippen LogP contribution in [0.3, 0.4) is 0 Å². The number of hydrogen-bond acceptors (Lipinski definition) is 6. The van der Waals surface area contributed by atoms with Crippen LogP contribution >= 0.6 is 34.5 Å². The first kappa shape index (κ1) is 29.6. The van der Waals surface area contributed by atoms with Crippen molar-refractivity contribution in [1.82, 2.24) is 4.90 Å². The lowest BCUT2D eigenvalue weighted by Gasteiger charge is -2.27. The molecule has 0 atom stereocenters. The lowest BCUT2D eigenvalue weighted by Crippen LogP contribution is -2.31. The van der Waals surface area contributed by atoms with Crippen molar-refractivity contribution in [3.63, 3.8) is 0 Å². The minimum Gasteiger partial charge on any atom is -0.299 e. The van der Waals surface area contributed by atoms with E-state index in [1.54, 1.807) is 34.5 Å². The molecule has 0 amide bonds. The van der Waals surface area contributed by atoms with Crippen molar-refractivity contribution in [2.45, 2.75) is 17.7 Å². The first-order chi connectivity index (χ1) is 19.7. The summed E-state index contributed by atoms with van der Waals surface area (Å²) in [5.74, 6) is 6.69. The van der Waals surface area contributed by atoms with Gasteiger partial charge in [0.15, 0.2) is 9.84 Å². The molecule has 2 heterocycles. The van der Waals surface area contributed by atoms with E-state index in [4.69, 9.17) is 29.0 Å².